The van der Waals surface area contributed by atoms with E-state index < -0.39 is 11.9 Å². The third-order valence-corrected chi connectivity index (χ3v) is 5.23. The van der Waals surface area contributed by atoms with E-state index in [-0.39, 0.29) is 24.8 Å². The summed E-state index contributed by atoms with van der Waals surface area (Å²) in [4.78, 5) is 38.4. The van der Waals surface area contributed by atoms with E-state index in [0.717, 1.165) is 19.3 Å². The Bertz CT molecular complexity index is 756. The van der Waals surface area contributed by atoms with E-state index in [4.69, 9.17) is 4.74 Å². The molecule has 6 heteroatoms. The number of hydrogen-bond acceptors (Lipinski definition) is 4. The van der Waals surface area contributed by atoms with Crippen LogP contribution in [0.15, 0.2) is 35.9 Å². The minimum Gasteiger partial charge on any atom is -0.465 e. The SMILES string of the molecule is COC(=O)c1ccccc1N1CC(C(=O)NCCC2=CCCCC2)CC1=O. The van der Waals surface area contributed by atoms with Crippen molar-refractivity contribution in [3.63, 3.8) is 0 Å². The number of para-hydroxylation sites is 1. The molecule has 3 rings (SSSR count). The molecule has 0 radical (unpaired) electrons. The van der Waals surface area contributed by atoms with Crippen LogP contribution in [0, 0.1) is 5.92 Å². The van der Waals surface area contributed by atoms with Crippen molar-refractivity contribution in [3.8, 4) is 0 Å². The Balaban J connectivity index is 1.59. The molecule has 1 fully saturated rings. The predicted octanol–water partition coefficient (Wildman–Crippen LogP) is 2.83. The predicted molar refractivity (Wildman–Crippen MR) is 102 cm³/mol. The van der Waals surface area contributed by atoms with Crippen LogP contribution in [0.1, 0.15) is 48.9 Å². The summed E-state index contributed by atoms with van der Waals surface area (Å²) in [5.74, 6) is -1.14. The van der Waals surface area contributed by atoms with Crippen molar-refractivity contribution in [1.82, 2.24) is 5.32 Å². The highest BCUT2D eigenvalue weighted by molar-refractivity contribution is 6.05. The molecule has 6 nitrogen and oxygen atoms in total. The molecule has 1 unspecified atom stereocenters. The summed E-state index contributed by atoms with van der Waals surface area (Å²) in [6, 6.07) is 6.82. The van der Waals surface area contributed by atoms with Crippen LogP contribution in [-0.4, -0.2) is 38.0 Å². The molecule has 1 N–H and O–H groups in total. The monoisotopic (exact) mass is 370 g/mol. The van der Waals surface area contributed by atoms with E-state index in [1.165, 1.54) is 30.4 Å². The normalized spacial score (nSPS) is 19.6. The van der Waals surface area contributed by atoms with Gasteiger partial charge in [0.25, 0.3) is 0 Å². The van der Waals surface area contributed by atoms with Crippen LogP contribution >= 0.6 is 0 Å². The van der Waals surface area contributed by atoms with Gasteiger partial charge in [-0.25, -0.2) is 4.79 Å². The molecule has 27 heavy (non-hydrogen) atoms. The molecule has 2 aliphatic rings. The number of amides is 2. The number of anilines is 1. The van der Waals surface area contributed by atoms with Crippen molar-refractivity contribution in [2.24, 2.45) is 5.92 Å². The second-order valence-electron chi connectivity index (χ2n) is 7.06. The summed E-state index contributed by atoms with van der Waals surface area (Å²) in [5.41, 5.74) is 2.24. The molecule has 1 aliphatic heterocycles. The number of carbonyl (C=O) groups excluding carboxylic acids is 3. The standard InChI is InChI=1S/C21H26N2O4/c1-27-21(26)17-9-5-6-10-18(17)23-14-16(13-19(23)24)20(25)22-12-11-15-7-3-2-4-8-15/h5-7,9-10,16H,2-4,8,11-14H2,1H3,(H,22,25). The number of rotatable bonds is 6. The lowest BCUT2D eigenvalue weighted by Crippen LogP contribution is -2.34. The smallest absolute Gasteiger partial charge is 0.339 e. The Kier molecular flexibility index (Phi) is 6.27. The lowest BCUT2D eigenvalue weighted by Gasteiger charge is -2.19. The fourth-order valence-corrected chi connectivity index (χ4v) is 3.73. The van der Waals surface area contributed by atoms with Crippen molar-refractivity contribution < 1.29 is 19.1 Å². The third-order valence-electron chi connectivity index (χ3n) is 5.23. The number of allylic oxidation sites excluding steroid dienone is 1. The largest absolute Gasteiger partial charge is 0.465 e. The Morgan fingerprint density at radius 1 is 1.26 bits per heavy atom. The number of benzene rings is 1. The van der Waals surface area contributed by atoms with Crippen LogP contribution < -0.4 is 10.2 Å². The van der Waals surface area contributed by atoms with Gasteiger partial charge in [-0.3, -0.25) is 9.59 Å². The minimum absolute atomic E-state index is 0.0993. The topological polar surface area (TPSA) is 75.7 Å². The first-order valence-electron chi connectivity index (χ1n) is 9.53. The molecule has 1 aromatic rings. The summed E-state index contributed by atoms with van der Waals surface area (Å²) in [6.07, 6.45) is 8.05. The number of nitrogens with one attached hydrogen (secondary N) is 1. The Morgan fingerprint density at radius 2 is 2.07 bits per heavy atom. The molecule has 0 saturated carbocycles. The maximum atomic E-state index is 12.5. The third kappa shape index (κ3) is 4.56. The molecule has 1 atom stereocenters. The van der Waals surface area contributed by atoms with Gasteiger partial charge in [-0.05, 0) is 44.2 Å². The summed E-state index contributed by atoms with van der Waals surface area (Å²) in [5, 5.41) is 2.96. The molecular weight excluding hydrogens is 344 g/mol. The van der Waals surface area contributed by atoms with Crippen LogP contribution in [0.5, 0.6) is 0 Å². The lowest BCUT2D eigenvalue weighted by atomic mass is 9.97. The summed E-state index contributed by atoms with van der Waals surface area (Å²) >= 11 is 0. The van der Waals surface area contributed by atoms with Crippen molar-refractivity contribution in [3.05, 3.63) is 41.5 Å². The van der Waals surface area contributed by atoms with E-state index in [1.54, 1.807) is 24.3 Å². The van der Waals surface area contributed by atoms with Gasteiger partial charge in [0.1, 0.15) is 0 Å². The maximum absolute atomic E-state index is 12.5. The second kappa shape index (κ2) is 8.84. The van der Waals surface area contributed by atoms with Crippen LogP contribution in [-0.2, 0) is 14.3 Å². The average molecular weight is 370 g/mol. The lowest BCUT2D eigenvalue weighted by molar-refractivity contribution is -0.126. The average Bonchev–Trinajstić information content (AvgIpc) is 3.09. The number of esters is 1. The number of methoxy groups -OCH3 is 1. The maximum Gasteiger partial charge on any atom is 0.339 e. The zero-order valence-corrected chi connectivity index (χ0v) is 15.7. The van der Waals surface area contributed by atoms with Crippen LogP contribution in [0.4, 0.5) is 5.69 Å². The molecule has 0 spiro atoms. The molecule has 0 aromatic heterocycles. The van der Waals surface area contributed by atoms with Gasteiger partial charge in [0.2, 0.25) is 11.8 Å². The first kappa shape index (κ1) is 19.1. The van der Waals surface area contributed by atoms with Gasteiger partial charge in [-0.15, -0.1) is 0 Å². The molecule has 1 saturated heterocycles. The molecule has 0 bridgehead atoms. The van der Waals surface area contributed by atoms with Crippen LogP contribution in [0.2, 0.25) is 0 Å². The van der Waals surface area contributed by atoms with Gasteiger partial charge in [-0.1, -0.05) is 23.8 Å². The van der Waals surface area contributed by atoms with Crippen LogP contribution in [0.25, 0.3) is 0 Å². The molecule has 2 amide bonds. The van der Waals surface area contributed by atoms with Gasteiger partial charge >= 0.3 is 5.97 Å². The zero-order chi connectivity index (χ0) is 19.2. The molecular formula is C21H26N2O4. The number of ether oxygens (including phenoxy) is 1. The highest BCUT2D eigenvalue weighted by Crippen LogP contribution is 2.29. The number of hydrogen-bond donors (Lipinski definition) is 1. The fraction of sp³-hybridized carbons (Fsp3) is 0.476. The molecule has 144 valence electrons. The minimum atomic E-state index is -0.493. The van der Waals surface area contributed by atoms with E-state index in [1.807, 2.05) is 0 Å². The molecule has 1 heterocycles. The fourth-order valence-electron chi connectivity index (χ4n) is 3.73. The van der Waals surface area contributed by atoms with E-state index in [2.05, 4.69) is 11.4 Å². The van der Waals surface area contributed by atoms with E-state index in [9.17, 15) is 14.4 Å². The van der Waals surface area contributed by atoms with Crippen molar-refractivity contribution in [2.75, 3.05) is 25.1 Å². The van der Waals surface area contributed by atoms with Crippen molar-refractivity contribution in [2.45, 2.75) is 38.5 Å². The highest BCUT2D eigenvalue weighted by Gasteiger charge is 2.36. The molecule has 1 aliphatic carbocycles. The van der Waals surface area contributed by atoms with E-state index >= 15 is 0 Å². The van der Waals surface area contributed by atoms with Crippen molar-refractivity contribution in [1.29, 1.82) is 0 Å². The summed E-state index contributed by atoms with van der Waals surface area (Å²) in [7, 11) is 1.31. The Hall–Kier alpha value is -2.63. The first-order valence-corrected chi connectivity index (χ1v) is 9.53. The van der Waals surface area contributed by atoms with Gasteiger partial charge in [0.05, 0.1) is 24.3 Å². The summed E-state index contributed by atoms with van der Waals surface area (Å²) in [6.45, 7) is 0.884. The van der Waals surface area contributed by atoms with E-state index in [0.29, 0.717) is 17.8 Å². The second-order valence-corrected chi connectivity index (χ2v) is 7.06. The number of nitrogens with zero attached hydrogens (tertiary/aromatic N) is 1. The van der Waals surface area contributed by atoms with Crippen molar-refractivity contribution >= 4 is 23.5 Å². The van der Waals surface area contributed by atoms with Crippen LogP contribution in [0.3, 0.4) is 0 Å². The Morgan fingerprint density at radius 3 is 2.81 bits per heavy atom. The zero-order valence-electron chi connectivity index (χ0n) is 15.7. The van der Waals surface area contributed by atoms with Gasteiger partial charge in [0, 0.05) is 19.5 Å². The summed E-state index contributed by atoms with van der Waals surface area (Å²) < 4.78 is 4.80. The quantitative estimate of drug-likeness (QED) is 0.617. The molecule has 1 aromatic carbocycles. The van der Waals surface area contributed by atoms with Gasteiger partial charge in [0.15, 0.2) is 0 Å². The highest BCUT2D eigenvalue weighted by atomic mass is 16.5. The van der Waals surface area contributed by atoms with Gasteiger partial charge < -0.3 is 15.0 Å². The Labute approximate surface area is 159 Å². The first-order chi connectivity index (χ1) is 13.1. The van der Waals surface area contributed by atoms with Gasteiger partial charge in [-0.2, -0.15) is 0 Å². The number of carbonyl (C=O) groups is 3.